The van der Waals surface area contributed by atoms with Gasteiger partial charge in [0.15, 0.2) is 5.96 Å². The molecule has 0 fully saturated rings. The standard InChI is InChI=1S/C24H30Cl2N6O3/c1-32-12-18(17-10-15(25)11-20(26)19(17)13-32)14-5-4-6-16(9-14)30-24(35)31-21(22(33)34)7-2-3-8-29-23(27)28/h4-6,9-11,18,21H,2-3,7-8,12-13H2,1H3,(H,33,34)(H4,27,28,29)(H2,30,31,35). The van der Waals surface area contributed by atoms with Crippen LogP contribution in [0.15, 0.2) is 41.4 Å². The van der Waals surface area contributed by atoms with E-state index in [0.717, 1.165) is 29.8 Å². The van der Waals surface area contributed by atoms with E-state index < -0.39 is 18.0 Å². The zero-order valence-electron chi connectivity index (χ0n) is 19.4. The minimum absolute atomic E-state index is 0.00549. The normalized spacial score (nSPS) is 16.1. The fraction of sp³-hybridized carbons (Fsp3) is 0.375. The van der Waals surface area contributed by atoms with Crippen LogP contribution in [0.3, 0.4) is 0 Å². The third-order valence-corrected chi connectivity index (χ3v) is 6.39. The number of halogens is 2. The Labute approximate surface area is 214 Å². The molecule has 0 saturated heterocycles. The summed E-state index contributed by atoms with van der Waals surface area (Å²) in [7, 11) is 2.03. The van der Waals surface area contributed by atoms with Crippen LogP contribution in [0.5, 0.6) is 0 Å². The fourth-order valence-corrected chi connectivity index (χ4v) is 4.78. The summed E-state index contributed by atoms with van der Waals surface area (Å²) < 4.78 is 0. The van der Waals surface area contributed by atoms with E-state index in [1.54, 1.807) is 12.1 Å². The molecule has 2 aromatic carbocycles. The van der Waals surface area contributed by atoms with Crippen LogP contribution in [0.25, 0.3) is 0 Å². The number of aliphatic imine (C=N–C) groups is 1. The SMILES string of the molecule is CN1Cc2c(Cl)cc(Cl)cc2C(c2cccc(NC(=O)NC(CCCCN=C(N)N)C(=O)O)c2)C1. The number of fused-ring (bicyclic) bond motifs is 1. The summed E-state index contributed by atoms with van der Waals surface area (Å²) in [5, 5.41) is 16.0. The smallest absolute Gasteiger partial charge is 0.326 e. The topological polar surface area (TPSA) is 146 Å². The van der Waals surface area contributed by atoms with E-state index in [2.05, 4.69) is 20.5 Å². The lowest BCUT2D eigenvalue weighted by molar-refractivity contribution is -0.139. The lowest BCUT2D eigenvalue weighted by Gasteiger charge is -2.33. The average molecular weight is 521 g/mol. The number of guanidine groups is 1. The van der Waals surface area contributed by atoms with Gasteiger partial charge in [-0.1, -0.05) is 35.3 Å². The van der Waals surface area contributed by atoms with Crippen molar-refractivity contribution in [2.24, 2.45) is 16.5 Å². The number of nitrogens with one attached hydrogen (secondary N) is 2. The van der Waals surface area contributed by atoms with Gasteiger partial charge in [0, 0.05) is 41.3 Å². The van der Waals surface area contributed by atoms with Gasteiger partial charge >= 0.3 is 12.0 Å². The molecule has 2 unspecified atom stereocenters. The van der Waals surface area contributed by atoms with Crippen LogP contribution in [-0.2, 0) is 11.3 Å². The van der Waals surface area contributed by atoms with E-state index in [1.807, 2.05) is 31.3 Å². The van der Waals surface area contributed by atoms with E-state index in [0.29, 0.717) is 35.1 Å². The Morgan fingerprint density at radius 3 is 2.71 bits per heavy atom. The number of nitrogens with zero attached hydrogens (tertiary/aromatic N) is 2. The first-order valence-corrected chi connectivity index (χ1v) is 12.0. The summed E-state index contributed by atoms with van der Waals surface area (Å²) in [5.74, 6) is -1.10. The molecule has 1 heterocycles. The van der Waals surface area contributed by atoms with Gasteiger partial charge in [-0.15, -0.1) is 0 Å². The van der Waals surface area contributed by atoms with Crippen molar-refractivity contribution in [3.63, 3.8) is 0 Å². The van der Waals surface area contributed by atoms with Gasteiger partial charge in [-0.3, -0.25) is 4.99 Å². The third kappa shape index (κ3) is 7.48. The molecule has 188 valence electrons. The van der Waals surface area contributed by atoms with Crippen molar-refractivity contribution in [2.45, 2.75) is 37.8 Å². The van der Waals surface area contributed by atoms with Crippen LogP contribution in [-0.4, -0.2) is 54.1 Å². The molecule has 9 nitrogen and oxygen atoms in total. The van der Waals surface area contributed by atoms with Crippen LogP contribution in [0.2, 0.25) is 10.0 Å². The Kier molecular flexibility index (Phi) is 9.20. The zero-order chi connectivity index (χ0) is 25.5. The molecule has 0 bridgehead atoms. The number of carboxylic acid groups (broad SMARTS) is 1. The van der Waals surface area contributed by atoms with E-state index in [4.69, 9.17) is 34.7 Å². The predicted octanol–water partition coefficient (Wildman–Crippen LogP) is 3.59. The Morgan fingerprint density at radius 2 is 2.00 bits per heavy atom. The predicted molar refractivity (Wildman–Crippen MR) is 139 cm³/mol. The molecule has 0 radical (unpaired) electrons. The second-order valence-corrected chi connectivity index (χ2v) is 9.47. The molecule has 1 aliphatic heterocycles. The highest BCUT2D eigenvalue weighted by Crippen LogP contribution is 2.38. The number of hydrogen-bond donors (Lipinski definition) is 5. The number of unbranched alkanes of at least 4 members (excludes halogenated alkanes) is 1. The molecule has 1 aliphatic rings. The maximum atomic E-state index is 12.5. The number of urea groups is 1. The highest BCUT2D eigenvalue weighted by Gasteiger charge is 2.27. The highest BCUT2D eigenvalue weighted by atomic mass is 35.5. The van der Waals surface area contributed by atoms with Gasteiger partial charge < -0.3 is 32.1 Å². The molecule has 0 spiro atoms. The molecule has 2 aromatic rings. The van der Waals surface area contributed by atoms with Crippen molar-refractivity contribution >= 4 is 46.8 Å². The van der Waals surface area contributed by atoms with Crippen LogP contribution < -0.4 is 22.1 Å². The Hall–Kier alpha value is -3.01. The minimum Gasteiger partial charge on any atom is -0.480 e. The quantitative estimate of drug-likeness (QED) is 0.194. The van der Waals surface area contributed by atoms with Gasteiger partial charge in [0.2, 0.25) is 0 Å². The Balaban J connectivity index is 1.68. The molecule has 35 heavy (non-hydrogen) atoms. The number of nitrogens with two attached hydrogens (primary N) is 2. The van der Waals surface area contributed by atoms with E-state index >= 15 is 0 Å². The van der Waals surface area contributed by atoms with Gasteiger partial charge in [-0.05, 0) is 67.3 Å². The summed E-state index contributed by atoms with van der Waals surface area (Å²) in [6.45, 7) is 1.90. The maximum absolute atomic E-state index is 12.5. The van der Waals surface area contributed by atoms with Gasteiger partial charge in [0.1, 0.15) is 6.04 Å². The number of amides is 2. The van der Waals surface area contributed by atoms with E-state index in [-0.39, 0.29) is 18.3 Å². The molecule has 3 rings (SSSR count). The lowest BCUT2D eigenvalue weighted by atomic mass is 9.84. The van der Waals surface area contributed by atoms with E-state index in [1.165, 1.54) is 0 Å². The first kappa shape index (κ1) is 26.6. The van der Waals surface area contributed by atoms with Gasteiger partial charge in [0.25, 0.3) is 0 Å². The summed E-state index contributed by atoms with van der Waals surface area (Å²) >= 11 is 12.7. The number of anilines is 1. The molecule has 11 heteroatoms. The number of carbonyl (C=O) groups excluding carboxylic acids is 1. The monoisotopic (exact) mass is 520 g/mol. The van der Waals surface area contributed by atoms with Crippen molar-refractivity contribution < 1.29 is 14.7 Å². The Bertz CT molecular complexity index is 1110. The maximum Gasteiger partial charge on any atom is 0.326 e. The average Bonchev–Trinajstić information content (AvgIpc) is 2.78. The van der Waals surface area contributed by atoms with E-state index in [9.17, 15) is 14.7 Å². The number of carbonyl (C=O) groups is 2. The van der Waals surface area contributed by atoms with Gasteiger partial charge in [-0.25, -0.2) is 9.59 Å². The Morgan fingerprint density at radius 1 is 1.23 bits per heavy atom. The summed E-state index contributed by atoms with van der Waals surface area (Å²) in [4.78, 5) is 30.2. The van der Waals surface area contributed by atoms with Crippen molar-refractivity contribution in [1.82, 2.24) is 10.2 Å². The number of carboxylic acids is 1. The summed E-state index contributed by atoms with van der Waals surface area (Å²) in [6, 6.07) is 9.55. The van der Waals surface area contributed by atoms with Crippen molar-refractivity contribution in [3.8, 4) is 0 Å². The third-order valence-electron chi connectivity index (χ3n) is 5.84. The number of aliphatic carboxylic acids is 1. The van der Waals surface area contributed by atoms with Crippen molar-refractivity contribution in [3.05, 3.63) is 63.1 Å². The number of hydrogen-bond acceptors (Lipinski definition) is 4. The summed E-state index contributed by atoms with van der Waals surface area (Å²) in [5.41, 5.74) is 14.2. The van der Waals surface area contributed by atoms with Crippen LogP contribution in [0.1, 0.15) is 41.9 Å². The summed E-state index contributed by atoms with van der Waals surface area (Å²) in [6.07, 6.45) is 1.41. The molecule has 2 atom stereocenters. The molecule has 0 aromatic heterocycles. The molecule has 7 N–H and O–H groups in total. The van der Waals surface area contributed by atoms with Crippen LogP contribution in [0.4, 0.5) is 10.5 Å². The van der Waals surface area contributed by atoms with Crippen molar-refractivity contribution in [1.29, 1.82) is 0 Å². The second-order valence-electron chi connectivity index (χ2n) is 8.62. The number of benzene rings is 2. The van der Waals surface area contributed by atoms with Crippen LogP contribution >= 0.6 is 23.2 Å². The van der Waals surface area contributed by atoms with Gasteiger partial charge in [-0.2, -0.15) is 0 Å². The number of likely N-dealkylation sites (N-methyl/N-ethyl adjacent to an activating group) is 1. The first-order valence-electron chi connectivity index (χ1n) is 11.3. The molecule has 2 amide bonds. The molecular weight excluding hydrogens is 491 g/mol. The highest BCUT2D eigenvalue weighted by molar-refractivity contribution is 6.35. The lowest BCUT2D eigenvalue weighted by Crippen LogP contribution is -2.43. The van der Waals surface area contributed by atoms with Crippen LogP contribution in [0, 0.1) is 0 Å². The van der Waals surface area contributed by atoms with Gasteiger partial charge in [0.05, 0.1) is 0 Å². The molecule has 0 aliphatic carbocycles. The first-order chi connectivity index (χ1) is 16.6. The zero-order valence-corrected chi connectivity index (χ0v) is 20.9. The molecular formula is C24H30Cl2N6O3. The van der Waals surface area contributed by atoms with Crippen molar-refractivity contribution in [2.75, 3.05) is 25.5 Å². The minimum atomic E-state index is -1.11. The largest absolute Gasteiger partial charge is 0.480 e. The molecule has 0 saturated carbocycles. The second kappa shape index (κ2) is 12.1. The number of rotatable bonds is 9. The fourth-order valence-electron chi connectivity index (χ4n) is 4.21.